The van der Waals surface area contributed by atoms with Gasteiger partial charge in [0.05, 0.1) is 34.4 Å². The van der Waals surface area contributed by atoms with E-state index in [1.165, 1.54) is 51.4 Å². The Morgan fingerprint density at radius 2 is 1.42 bits per heavy atom. The number of carbonyl (C=O) groups is 1. The van der Waals surface area contributed by atoms with E-state index in [1.807, 2.05) is 21.1 Å². The molecule has 1 N–H and O–H groups in total. The van der Waals surface area contributed by atoms with Gasteiger partial charge in [-0.2, -0.15) is 0 Å². The van der Waals surface area contributed by atoms with E-state index in [9.17, 15) is 14.3 Å². The largest absolute Gasteiger partial charge is 0.472 e. The summed E-state index contributed by atoms with van der Waals surface area (Å²) in [4.78, 5) is 21.6. The maximum atomic E-state index is 12.1. The summed E-state index contributed by atoms with van der Waals surface area (Å²) >= 11 is 0. The van der Waals surface area contributed by atoms with Crippen LogP contribution in [0.1, 0.15) is 97.3 Å². The number of hydrogen-bond donors (Lipinski definition) is 1. The molecule has 0 aliphatic heterocycles. The number of phosphoric ester groups is 1. The van der Waals surface area contributed by atoms with Crippen molar-refractivity contribution in [1.82, 2.24) is 0 Å². The average Bonchev–Trinajstić information content (AvgIpc) is 2.85. The number of likely N-dealkylation sites (N-methyl/N-ethyl adjacent to an activating group) is 1. The molecule has 0 aliphatic carbocycles. The molecule has 0 saturated heterocycles. The summed E-state index contributed by atoms with van der Waals surface area (Å²) in [5.41, 5.74) is 0. The average molecular weight is 563 g/mol. The van der Waals surface area contributed by atoms with Gasteiger partial charge in [0.2, 0.25) is 0 Å². The van der Waals surface area contributed by atoms with Crippen molar-refractivity contribution in [3.63, 3.8) is 0 Å². The van der Waals surface area contributed by atoms with Crippen molar-refractivity contribution in [3.05, 3.63) is 24.3 Å². The molecule has 0 fully saturated rings. The molecule has 8 nitrogen and oxygen atoms in total. The third-order valence-corrected chi connectivity index (χ3v) is 6.80. The van der Waals surface area contributed by atoms with E-state index in [0.717, 1.165) is 25.7 Å². The van der Waals surface area contributed by atoms with Gasteiger partial charge in [-0.25, -0.2) is 4.57 Å². The topological polar surface area (TPSA) is 91.3 Å². The van der Waals surface area contributed by atoms with Gasteiger partial charge in [-0.15, -0.1) is 0 Å². The van der Waals surface area contributed by atoms with Gasteiger partial charge in [0, 0.05) is 13.0 Å². The van der Waals surface area contributed by atoms with E-state index in [1.54, 1.807) is 6.92 Å². The number of ether oxygens (including phenoxy) is 2. The minimum Gasteiger partial charge on any atom is -0.457 e. The zero-order valence-electron chi connectivity index (χ0n) is 24.9. The molecule has 0 aromatic heterocycles. The second-order valence-electron chi connectivity index (χ2n) is 10.7. The highest BCUT2D eigenvalue weighted by atomic mass is 31.2. The van der Waals surface area contributed by atoms with Crippen LogP contribution in [0.3, 0.4) is 0 Å². The first-order valence-electron chi connectivity index (χ1n) is 14.6. The lowest BCUT2D eigenvalue weighted by Gasteiger charge is -2.24. The quantitative estimate of drug-likeness (QED) is 0.0400. The number of quaternary nitrogens is 1. The molecule has 2 atom stereocenters. The van der Waals surface area contributed by atoms with Crippen LogP contribution in [0.15, 0.2) is 24.3 Å². The fourth-order valence-corrected chi connectivity index (χ4v) is 4.18. The predicted molar refractivity (Wildman–Crippen MR) is 155 cm³/mol. The molecular formula is C29H57NO7P+. The Morgan fingerprint density at radius 3 is 2.03 bits per heavy atom. The van der Waals surface area contributed by atoms with E-state index in [-0.39, 0.29) is 26.2 Å². The number of esters is 1. The van der Waals surface area contributed by atoms with Crippen LogP contribution >= 0.6 is 7.82 Å². The molecule has 0 saturated carbocycles. The van der Waals surface area contributed by atoms with Crippen LogP contribution in [0.2, 0.25) is 0 Å². The molecule has 38 heavy (non-hydrogen) atoms. The molecule has 224 valence electrons. The van der Waals surface area contributed by atoms with Gasteiger partial charge >= 0.3 is 13.8 Å². The van der Waals surface area contributed by atoms with Crippen molar-refractivity contribution in [3.8, 4) is 0 Å². The number of carbonyl (C=O) groups excluding carboxylic acids is 1. The van der Waals surface area contributed by atoms with Crippen LogP contribution in [0.4, 0.5) is 0 Å². The molecule has 0 aromatic carbocycles. The Labute approximate surface area is 233 Å². The number of unbranched alkanes of at least 4 members (excludes halogenated alkanes) is 9. The summed E-state index contributed by atoms with van der Waals surface area (Å²) < 4.78 is 33.7. The van der Waals surface area contributed by atoms with Crippen LogP contribution in [0.25, 0.3) is 0 Å². The Morgan fingerprint density at radius 1 is 0.816 bits per heavy atom. The fraction of sp³-hybridized carbons (Fsp3) is 0.828. The summed E-state index contributed by atoms with van der Waals surface area (Å²) in [6.07, 6.45) is 22.7. The Bertz CT molecular complexity index is 676. The molecule has 0 spiro atoms. The van der Waals surface area contributed by atoms with Crippen LogP contribution in [0, 0.1) is 0 Å². The zero-order chi connectivity index (χ0) is 28.5. The molecule has 2 unspecified atom stereocenters. The standard InChI is InChI=1S/C29H56NO7P/c1-6-8-9-10-11-12-13-14-15-16-17-18-19-20-21-22-24-34-26-28(37-29(31)7-2)27-36-38(32,33)35-25-23-30(3,4)5/h11-12,14-15,28H,6-10,13,16-27H2,1-5H3/p+1/b12-11-,15-14-. The molecule has 0 aromatic rings. The van der Waals surface area contributed by atoms with Crippen molar-refractivity contribution in [2.24, 2.45) is 0 Å². The normalized spacial score (nSPS) is 14.8. The van der Waals surface area contributed by atoms with Crippen molar-refractivity contribution < 1.29 is 37.3 Å². The van der Waals surface area contributed by atoms with Crippen LogP contribution in [-0.2, 0) is 27.9 Å². The van der Waals surface area contributed by atoms with Crippen LogP contribution in [0.5, 0.6) is 0 Å². The second-order valence-corrected chi connectivity index (χ2v) is 12.2. The van der Waals surface area contributed by atoms with E-state index >= 15 is 0 Å². The van der Waals surface area contributed by atoms with Gasteiger partial charge in [-0.1, -0.05) is 76.7 Å². The Balaban J connectivity index is 3.91. The van der Waals surface area contributed by atoms with Crippen molar-refractivity contribution in [2.75, 3.05) is 54.1 Å². The minimum absolute atomic E-state index is 0.0841. The van der Waals surface area contributed by atoms with Crippen LogP contribution in [-0.4, -0.2) is 75.6 Å². The van der Waals surface area contributed by atoms with Gasteiger partial charge < -0.3 is 18.9 Å². The SMILES string of the molecule is CCCCC/C=C\C/C=C\CCCCCCCCOCC(COP(=O)(O)OCC[N+](C)(C)C)OC(=O)CC. The van der Waals surface area contributed by atoms with Gasteiger partial charge in [0.15, 0.2) is 0 Å². The van der Waals surface area contributed by atoms with Gasteiger partial charge in [0.25, 0.3) is 0 Å². The highest BCUT2D eigenvalue weighted by Gasteiger charge is 2.26. The molecule has 0 aliphatic rings. The van der Waals surface area contributed by atoms with Gasteiger partial charge in [0.1, 0.15) is 19.3 Å². The first-order chi connectivity index (χ1) is 18.1. The van der Waals surface area contributed by atoms with Crippen molar-refractivity contribution in [2.45, 2.75) is 103 Å². The third kappa shape index (κ3) is 26.6. The monoisotopic (exact) mass is 562 g/mol. The lowest BCUT2D eigenvalue weighted by molar-refractivity contribution is -0.870. The van der Waals surface area contributed by atoms with E-state index in [2.05, 4.69) is 31.2 Å². The van der Waals surface area contributed by atoms with E-state index in [0.29, 0.717) is 17.6 Å². The molecule has 0 radical (unpaired) electrons. The molecule has 0 bridgehead atoms. The fourth-order valence-electron chi connectivity index (χ4n) is 3.44. The van der Waals surface area contributed by atoms with Gasteiger partial charge in [-0.05, 0) is 38.5 Å². The summed E-state index contributed by atoms with van der Waals surface area (Å²) in [5, 5.41) is 0. The van der Waals surface area contributed by atoms with E-state index in [4.69, 9.17) is 18.5 Å². The molecular weight excluding hydrogens is 505 g/mol. The first-order valence-corrected chi connectivity index (χ1v) is 16.1. The maximum Gasteiger partial charge on any atom is 0.472 e. The molecule has 0 rings (SSSR count). The van der Waals surface area contributed by atoms with Crippen molar-refractivity contribution >= 4 is 13.8 Å². The lowest BCUT2D eigenvalue weighted by Crippen LogP contribution is -2.37. The minimum atomic E-state index is -4.23. The second kappa shape index (κ2) is 23.8. The smallest absolute Gasteiger partial charge is 0.457 e. The highest BCUT2D eigenvalue weighted by molar-refractivity contribution is 7.47. The summed E-state index contributed by atoms with van der Waals surface area (Å²) in [6.45, 7) is 4.97. The predicted octanol–water partition coefficient (Wildman–Crippen LogP) is 6.98. The zero-order valence-corrected chi connectivity index (χ0v) is 25.8. The number of phosphoric acid groups is 1. The number of nitrogens with zero attached hydrogens (tertiary/aromatic N) is 1. The third-order valence-electron chi connectivity index (χ3n) is 5.82. The molecule has 0 amide bonds. The highest BCUT2D eigenvalue weighted by Crippen LogP contribution is 2.43. The Hall–Kier alpha value is -1.02. The summed E-state index contributed by atoms with van der Waals surface area (Å²) in [7, 11) is 1.65. The van der Waals surface area contributed by atoms with E-state index < -0.39 is 19.9 Å². The Kier molecular flexibility index (Phi) is 23.2. The number of hydrogen-bond acceptors (Lipinski definition) is 6. The van der Waals surface area contributed by atoms with Crippen molar-refractivity contribution in [1.29, 1.82) is 0 Å². The number of rotatable bonds is 26. The molecule has 0 heterocycles. The van der Waals surface area contributed by atoms with Gasteiger partial charge in [-0.3, -0.25) is 13.8 Å². The summed E-state index contributed by atoms with van der Waals surface area (Å²) in [5.74, 6) is -0.408. The first kappa shape index (κ1) is 37.0. The summed E-state index contributed by atoms with van der Waals surface area (Å²) in [6, 6.07) is 0. The maximum absolute atomic E-state index is 12.1. The number of allylic oxidation sites excluding steroid dienone is 4. The van der Waals surface area contributed by atoms with Crippen LogP contribution < -0.4 is 0 Å². The molecule has 9 heteroatoms. The lowest BCUT2D eigenvalue weighted by atomic mass is 10.1.